The van der Waals surface area contributed by atoms with Crippen molar-refractivity contribution in [1.29, 1.82) is 0 Å². The molecule has 216 valence electrons. The van der Waals surface area contributed by atoms with Gasteiger partial charge in [0.2, 0.25) is 17.7 Å². The Kier molecular flexibility index (Phi) is 14.1. The summed E-state index contributed by atoms with van der Waals surface area (Å²) in [5.41, 5.74) is 16.8. The van der Waals surface area contributed by atoms with Gasteiger partial charge in [-0.05, 0) is 37.0 Å². The van der Waals surface area contributed by atoms with Crippen molar-refractivity contribution in [3.05, 3.63) is 29.8 Å². The standard InChI is InChI=1S/C23H35N7O8S/c24-14(2-1-9-27-23(25)26)19(34)28-15(7-8-18(32)33)20(35)30-17(11-39)21(36)29-16(22(37)38)10-12-3-5-13(31)6-4-12/h3-6,14-17,31,39H,1-2,7-11,24H2,(H,28,34)(H,29,36)(H,30,35)(H,32,33)(H,37,38)(H4,25,26,27)/t14-,15-,16-,17-/m0/s1. The maximum Gasteiger partial charge on any atom is 0.326 e. The van der Waals surface area contributed by atoms with Crippen LogP contribution in [0.5, 0.6) is 5.75 Å². The van der Waals surface area contributed by atoms with Gasteiger partial charge in [-0.2, -0.15) is 12.6 Å². The first-order chi connectivity index (χ1) is 18.3. The molecule has 4 atom stereocenters. The summed E-state index contributed by atoms with van der Waals surface area (Å²) in [5, 5.41) is 35.0. The Bertz CT molecular complexity index is 1030. The van der Waals surface area contributed by atoms with Crippen molar-refractivity contribution in [2.45, 2.75) is 56.3 Å². The molecular formula is C23H35N7O8S. The Balaban J connectivity index is 2.86. The summed E-state index contributed by atoms with van der Waals surface area (Å²) in [6.45, 7) is 0.231. The Morgan fingerprint density at radius 1 is 0.872 bits per heavy atom. The van der Waals surface area contributed by atoms with Crippen molar-refractivity contribution in [3.63, 3.8) is 0 Å². The zero-order valence-electron chi connectivity index (χ0n) is 21.1. The highest BCUT2D eigenvalue weighted by atomic mass is 32.1. The molecule has 1 rings (SSSR count). The smallest absolute Gasteiger partial charge is 0.326 e. The summed E-state index contributed by atoms with van der Waals surface area (Å²) in [7, 11) is 0. The normalized spacial score (nSPS) is 13.7. The monoisotopic (exact) mass is 569 g/mol. The van der Waals surface area contributed by atoms with E-state index in [0.717, 1.165) is 0 Å². The molecule has 0 fully saturated rings. The van der Waals surface area contributed by atoms with Crippen LogP contribution >= 0.6 is 12.6 Å². The van der Waals surface area contributed by atoms with Gasteiger partial charge in [-0.1, -0.05) is 12.1 Å². The number of rotatable bonds is 17. The van der Waals surface area contributed by atoms with Gasteiger partial charge in [0.25, 0.3) is 0 Å². The molecule has 0 heterocycles. The molecule has 12 N–H and O–H groups in total. The average molecular weight is 570 g/mol. The lowest BCUT2D eigenvalue weighted by atomic mass is 10.1. The number of nitrogens with one attached hydrogen (secondary N) is 3. The maximum atomic E-state index is 12.9. The lowest BCUT2D eigenvalue weighted by Gasteiger charge is -2.24. The Labute approximate surface area is 230 Å². The third-order valence-electron chi connectivity index (χ3n) is 5.39. The van der Waals surface area contributed by atoms with E-state index in [9.17, 15) is 34.2 Å². The summed E-state index contributed by atoms with van der Waals surface area (Å²) in [6, 6.07) is 0.676. The fraction of sp³-hybridized carbons (Fsp3) is 0.478. The molecule has 1 aromatic rings. The number of amides is 3. The molecule has 0 spiro atoms. The van der Waals surface area contributed by atoms with E-state index in [1.807, 2.05) is 0 Å². The van der Waals surface area contributed by atoms with Crippen molar-refractivity contribution in [2.75, 3.05) is 12.3 Å². The number of carbonyl (C=O) groups is 5. The Morgan fingerprint density at radius 2 is 1.44 bits per heavy atom. The number of guanidine groups is 1. The van der Waals surface area contributed by atoms with Gasteiger partial charge in [0.05, 0.1) is 6.04 Å². The van der Waals surface area contributed by atoms with Crippen molar-refractivity contribution < 1.29 is 39.3 Å². The van der Waals surface area contributed by atoms with Crippen LogP contribution in [0.1, 0.15) is 31.2 Å². The van der Waals surface area contributed by atoms with Crippen LogP contribution in [-0.4, -0.2) is 87.4 Å². The molecule has 0 saturated carbocycles. The van der Waals surface area contributed by atoms with Crippen LogP contribution in [0.3, 0.4) is 0 Å². The molecule has 0 unspecified atom stereocenters. The van der Waals surface area contributed by atoms with Crippen LogP contribution in [0.15, 0.2) is 29.3 Å². The summed E-state index contributed by atoms with van der Waals surface area (Å²) in [4.78, 5) is 64.7. The lowest BCUT2D eigenvalue weighted by molar-refractivity contribution is -0.142. The van der Waals surface area contributed by atoms with E-state index < -0.39 is 60.2 Å². The minimum absolute atomic E-state index is 0.0102. The van der Waals surface area contributed by atoms with Gasteiger partial charge in [-0.3, -0.25) is 24.2 Å². The highest BCUT2D eigenvalue weighted by Gasteiger charge is 2.30. The van der Waals surface area contributed by atoms with Crippen molar-refractivity contribution in [2.24, 2.45) is 22.2 Å². The van der Waals surface area contributed by atoms with Crippen LogP contribution in [0.25, 0.3) is 0 Å². The summed E-state index contributed by atoms with van der Waals surface area (Å²) >= 11 is 4.05. The molecule has 0 radical (unpaired) electrons. The predicted molar refractivity (Wildman–Crippen MR) is 144 cm³/mol. The van der Waals surface area contributed by atoms with E-state index >= 15 is 0 Å². The molecule has 16 heteroatoms. The van der Waals surface area contributed by atoms with Crippen LogP contribution < -0.4 is 33.2 Å². The largest absolute Gasteiger partial charge is 0.508 e. The van der Waals surface area contributed by atoms with E-state index in [-0.39, 0.29) is 43.3 Å². The van der Waals surface area contributed by atoms with E-state index in [4.69, 9.17) is 22.3 Å². The number of phenolic OH excluding ortho intramolecular Hbond substituents is 1. The summed E-state index contributed by atoms with van der Waals surface area (Å²) < 4.78 is 0. The van der Waals surface area contributed by atoms with E-state index in [2.05, 4.69) is 33.6 Å². The van der Waals surface area contributed by atoms with Crippen molar-refractivity contribution in [3.8, 4) is 5.75 Å². The molecule has 3 amide bonds. The van der Waals surface area contributed by atoms with Gasteiger partial charge >= 0.3 is 11.9 Å². The molecule has 0 saturated heterocycles. The number of benzene rings is 1. The number of aliphatic carboxylic acids is 2. The molecule has 0 aromatic heterocycles. The van der Waals surface area contributed by atoms with Crippen molar-refractivity contribution in [1.82, 2.24) is 16.0 Å². The first kappa shape index (κ1) is 33.0. The third-order valence-corrected chi connectivity index (χ3v) is 5.76. The molecule has 0 aliphatic rings. The number of hydrogen-bond acceptors (Lipinski definition) is 9. The number of nitrogens with zero attached hydrogens (tertiary/aromatic N) is 1. The van der Waals surface area contributed by atoms with E-state index in [0.29, 0.717) is 12.0 Å². The number of carbonyl (C=O) groups excluding carboxylic acids is 3. The van der Waals surface area contributed by atoms with Crippen LogP contribution in [0.4, 0.5) is 0 Å². The Hall–Kier alpha value is -4.05. The summed E-state index contributed by atoms with van der Waals surface area (Å²) in [6.07, 6.45) is -0.325. The number of nitrogens with two attached hydrogens (primary N) is 3. The number of carboxylic acid groups (broad SMARTS) is 2. The van der Waals surface area contributed by atoms with Gasteiger partial charge in [-0.25, -0.2) is 4.79 Å². The van der Waals surface area contributed by atoms with Gasteiger partial charge in [0.1, 0.15) is 23.9 Å². The minimum atomic E-state index is -1.36. The lowest BCUT2D eigenvalue weighted by Crippen LogP contribution is -2.57. The zero-order valence-corrected chi connectivity index (χ0v) is 22.0. The second-order valence-electron chi connectivity index (χ2n) is 8.56. The average Bonchev–Trinajstić information content (AvgIpc) is 2.87. The molecular weight excluding hydrogens is 534 g/mol. The maximum absolute atomic E-state index is 12.9. The second-order valence-corrected chi connectivity index (χ2v) is 8.93. The first-order valence-electron chi connectivity index (χ1n) is 11.9. The highest BCUT2D eigenvalue weighted by Crippen LogP contribution is 2.12. The van der Waals surface area contributed by atoms with Crippen LogP contribution in [-0.2, 0) is 30.4 Å². The SMILES string of the molecule is NC(N)=NCCC[C@H](N)C(=O)N[C@@H](CCC(=O)O)C(=O)N[C@@H](CS)C(=O)N[C@@H](Cc1ccc(O)cc1)C(=O)O. The topological polar surface area (TPSA) is 273 Å². The van der Waals surface area contributed by atoms with Gasteiger partial charge in [-0.15, -0.1) is 0 Å². The summed E-state index contributed by atoms with van der Waals surface area (Å²) in [5.74, 6) is -5.36. The number of carboxylic acids is 2. The number of hydrogen-bond donors (Lipinski definition) is 10. The van der Waals surface area contributed by atoms with Crippen LogP contribution in [0.2, 0.25) is 0 Å². The fourth-order valence-corrected chi connectivity index (χ4v) is 3.53. The second kappa shape index (κ2) is 16.7. The Morgan fingerprint density at radius 3 is 1.97 bits per heavy atom. The molecule has 15 nitrogen and oxygen atoms in total. The van der Waals surface area contributed by atoms with E-state index in [1.54, 1.807) is 0 Å². The van der Waals surface area contributed by atoms with Gasteiger partial charge in [0.15, 0.2) is 5.96 Å². The molecule has 0 aliphatic heterocycles. The van der Waals surface area contributed by atoms with Gasteiger partial charge in [0, 0.05) is 25.1 Å². The fourth-order valence-electron chi connectivity index (χ4n) is 3.27. The number of aromatic hydroxyl groups is 1. The zero-order chi connectivity index (χ0) is 29.5. The predicted octanol–water partition coefficient (Wildman–Crippen LogP) is -2.35. The molecule has 39 heavy (non-hydrogen) atoms. The quantitative estimate of drug-likeness (QED) is 0.0410. The third kappa shape index (κ3) is 12.8. The van der Waals surface area contributed by atoms with Gasteiger partial charge < -0.3 is 48.5 Å². The minimum Gasteiger partial charge on any atom is -0.508 e. The molecule has 0 aliphatic carbocycles. The highest BCUT2D eigenvalue weighted by molar-refractivity contribution is 7.80. The molecule has 0 bridgehead atoms. The number of phenols is 1. The number of thiol groups is 1. The van der Waals surface area contributed by atoms with E-state index in [1.165, 1.54) is 24.3 Å². The first-order valence-corrected chi connectivity index (χ1v) is 12.5. The van der Waals surface area contributed by atoms with Crippen molar-refractivity contribution >= 4 is 48.2 Å². The van der Waals surface area contributed by atoms with Crippen LogP contribution in [0, 0.1) is 0 Å². The number of aliphatic imine (C=N–C) groups is 1. The molecule has 1 aromatic carbocycles.